The molecule has 3 nitrogen and oxygen atoms in total. The number of thiazole rings is 1. The number of halogens is 1. The summed E-state index contributed by atoms with van der Waals surface area (Å²) in [6.45, 7) is 4.51. The van der Waals surface area contributed by atoms with Crippen LogP contribution in [-0.2, 0) is 6.54 Å². The van der Waals surface area contributed by atoms with Gasteiger partial charge in [-0.05, 0) is 65.8 Å². The number of benzene rings is 2. The van der Waals surface area contributed by atoms with Crippen molar-refractivity contribution >= 4 is 50.1 Å². The molecule has 0 spiro atoms. The molecule has 0 radical (unpaired) electrons. The molecule has 2 aromatic carbocycles. The summed E-state index contributed by atoms with van der Waals surface area (Å²) in [6, 6.07) is 11.7. The molecule has 0 saturated carbocycles. The van der Waals surface area contributed by atoms with Crippen LogP contribution in [0.5, 0.6) is 0 Å². The Hall–Kier alpha value is -1.91. The molecule has 0 saturated heterocycles. The van der Waals surface area contributed by atoms with Gasteiger partial charge in [0.1, 0.15) is 0 Å². The molecule has 0 aliphatic carbocycles. The highest BCUT2D eigenvalue weighted by Crippen LogP contribution is 2.23. The summed E-state index contributed by atoms with van der Waals surface area (Å²) in [5.41, 5.74) is 3.98. The molecular weight excluding hydrogens is 431 g/mol. The van der Waals surface area contributed by atoms with Crippen LogP contribution in [-0.4, -0.2) is 10.5 Å². The molecular formula is C19H15IN2OS. The second kappa shape index (κ2) is 6.91. The lowest BCUT2D eigenvalue weighted by Crippen LogP contribution is -2.17. The van der Waals surface area contributed by atoms with Crippen molar-refractivity contribution in [3.8, 4) is 12.3 Å². The van der Waals surface area contributed by atoms with Crippen molar-refractivity contribution in [3.05, 3.63) is 61.5 Å². The van der Waals surface area contributed by atoms with E-state index in [9.17, 15) is 4.79 Å². The lowest BCUT2D eigenvalue weighted by atomic mass is 10.1. The summed E-state index contributed by atoms with van der Waals surface area (Å²) in [4.78, 5) is 17.6. The number of aryl methyl sites for hydroxylation is 2. The third-order valence-corrected chi connectivity index (χ3v) is 5.63. The van der Waals surface area contributed by atoms with Crippen molar-refractivity contribution in [1.29, 1.82) is 0 Å². The zero-order valence-electron chi connectivity index (χ0n) is 13.3. The third kappa shape index (κ3) is 3.17. The van der Waals surface area contributed by atoms with Gasteiger partial charge in [-0.15, -0.1) is 6.42 Å². The Morgan fingerprint density at radius 3 is 2.79 bits per heavy atom. The minimum atomic E-state index is -0.244. The van der Waals surface area contributed by atoms with Gasteiger partial charge in [0.15, 0.2) is 4.80 Å². The van der Waals surface area contributed by atoms with Crippen LogP contribution in [0.2, 0.25) is 0 Å². The number of nitrogens with zero attached hydrogens (tertiary/aromatic N) is 2. The first-order valence-corrected chi connectivity index (χ1v) is 9.28. The van der Waals surface area contributed by atoms with E-state index < -0.39 is 0 Å². The highest BCUT2D eigenvalue weighted by Gasteiger charge is 2.12. The zero-order valence-corrected chi connectivity index (χ0v) is 16.3. The number of hydrogen-bond donors (Lipinski definition) is 0. The molecule has 3 aromatic rings. The lowest BCUT2D eigenvalue weighted by Gasteiger charge is -2.04. The van der Waals surface area contributed by atoms with Gasteiger partial charge in [0.2, 0.25) is 0 Å². The fraction of sp³-hybridized carbons (Fsp3) is 0.158. The van der Waals surface area contributed by atoms with E-state index in [2.05, 4.69) is 59.5 Å². The predicted octanol–water partition coefficient (Wildman–Crippen LogP) is 4.30. The number of carbonyl (C=O) groups is 1. The van der Waals surface area contributed by atoms with Crippen molar-refractivity contribution in [2.24, 2.45) is 4.99 Å². The SMILES string of the molecule is C#CCn1c(=NC(=O)c2ccccc2I)sc2cc(C)cc(C)c21. The summed E-state index contributed by atoms with van der Waals surface area (Å²) < 4.78 is 3.93. The molecule has 0 aliphatic heterocycles. The monoisotopic (exact) mass is 446 g/mol. The van der Waals surface area contributed by atoms with Gasteiger partial charge < -0.3 is 4.57 Å². The van der Waals surface area contributed by atoms with Gasteiger partial charge in [0, 0.05) is 3.57 Å². The number of hydrogen-bond acceptors (Lipinski definition) is 2. The topological polar surface area (TPSA) is 34.4 Å². The largest absolute Gasteiger partial charge is 0.304 e. The normalized spacial score (nSPS) is 11.7. The summed E-state index contributed by atoms with van der Waals surface area (Å²) in [7, 11) is 0. The summed E-state index contributed by atoms with van der Waals surface area (Å²) in [5, 5.41) is 0. The van der Waals surface area contributed by atoms with Crippen molar-refractivity contribution in [3.63, 3.8) is 0 Å². The Morgan fingerprint density at radius 1 is 1.33 bits per heavy atom. The van der Waals surface area contributed by atoms with Gasteiger partial charge in [0.05, 0.1) is 22.3 Å². The second-order valence-electron chi connectivity index (χ2n) is 5.50. The third-order valence-electron chi connectivity index (χ3n) is 3.66. The van der Waals surface area contributed by atoms with E-state index >= 15 is 0 Å². The van der Waals surface area contributed by atoms with Crippen molar-refractivity contribution in [2.75, 3.05) is 0 Å². The predicted molar refractivity (Wildman–Crippen MR) is 107 cm³/mol. The molecule has 0 unspecified atom stereocenters. The summed E-state index contributed by atoms with van der Waals surface area (Å²) in [5.74, 6) is 2.42. The standard InChI is InChI=1S/C19H15IN2OS/c1-4-9-22-17-13(3)10-12(2)11-16(17)24-19(22)21-18(23)14-7-5-6-8-15(14)20/h1,5-8,10-11H,9H2,2-3H3. The van der Waals surface area contributed by atoms with Crippen molar-refractivity contribution < 1.29 is 4.79 Å². The maximum absolute atomic E-state index is 12.6. The quantitative estimate of drug-likeness (QED) is 0.427. The maximum Gasteiger partial charge on any atom is 0.280 e. The maximum atomic E-state index is 12.6. The van der Waals surface area contributed by atoms with E-state index in [1.54, 1.807) is 6.07 Å². The molecule has 0 fully saturated rings. The number of carbonyl (C=O) groups excluding carboxylic acids is 1. The van der Waals surface area contributed by atoms with E-state index in [0.717, 1.165) is 19.4 Å². The second-order valence-corrected chi connectivity index (χ2v) is 7.67. The molecule has 1 amide bonds. The number of terminal acetylenes is 1. The summed E-state index contributed by atoms with van der Waals surface area (Å²) >= 11 is 3.65. The molecule has 0 aliphatic rings. The van der Waals surface area contributed by atoms with Gasteiger partial charge in [-0.25, -0.2) is 0 Å². The highest BCUT2D eigenvalue weighted by atomic mass is 127. The molecule has 0 atom stereocenters. The molecule has 3 rings (SSSR count). The minimum Gasteiger partial charge on any atom is -0.304 e. The van der Waals surface area contributed by atoms with Crippen LogP contribution < -0.4 is 4.80 Å². The van der Waals surface area contributed by atoms with Gasteiger partial charge in [0.25, 0.3) is 5.91 Å². The Kier molecular flexibility index (Phi) is 4.88. The van der Waals surface area contributed by atoms with Gasteiger partial charge in [-0.2, -0.15) is 4.99 Å². The molecule has 120 valence electrons. The minimum absolute atomic E-state index is 0.244. The number of fused-ring (bicyclic) bond motifs is 1. The van der Waals surface area contributed by atoms with E-state index in [1.165, 1.54) is 16.9 Å². The molecule has 0 N–H and O–H groups in total. The van der Waals surface area contributed by atoms with Gasteiger partial charge >= 0.3 is 0 Å². The van der Waals surface area contributed by atoms with Crippen LogP contribution in [0.4, 0.5) is 0 Å². The highest BCUT2D eigenvalue weighted by molar-refractivity contribution is 14.1. The smallest absolute Gasteiger partial charge is 0.280 e. The van der Waals surface area contributed by atoms with Crippen LogP contribution in [0.25, 0.3) is 10.2 Å². The summed E-state index contributed by atoms with van der Waals surface area (Å²) in [6.07, 6.45) is 5.53. The van der Waals surface area contributed by atoms with Crippen LogP contribution in [0.3, 0.4) is 0 Å². The van der Waals surface area contributed by atoms with Crippen LogP contribution in [0.1, 0.15) is 21.5 Å². The average Bonchev–Trinajstić information content (AvgIpc) is 2.85. The zero-order chi connectivity index (χ0) is 17.3. The average molecular weight is 446 g/mol. The molecule has 1 heterocycles. The van der Waals surface area contributed by atoms with Crippen molar-refractivity contribution in [2.45, 2.75) is 20.4 Å². The van der Waals surface area contributed by atoms with E-state index in [4.69, 9.17) is 6.42 Å². The van der Waals surface area contributed by atoms with Gasteiger partial charge in [-0.3, -0.25) is 4.79 Å². The first kappa shape index (κ1) is 16.9. The van der Waals surface area contributed by atoms with Crippen molar-refractivity contribution in [1.82, 2.24) is 4.57 Å². The number of amides is 1. The Balaban J connectivity index is 2.24. The van der Waals surface area contributed by atoms with Gasteiger partial charge in [-0.1, -0.05) is 35.5 Å². The Labute approximate surface area is 158 Å². The molecule has 5 heteroatoms. The number of rotatable bonds is 2. The fourth-order valence-electron chi connectivity index (χ4n) is 2.70. The molecule has 24 heavy (non-hydrogen) atoms. The number of aromatic nitrogens is 1. The Morgan fingerprint density at radius 2 is 2.08 bits per heavy atom. The molecule has 0 bridgehead atoms. The van der Waals surface area contributed by atoms with E-state index in [1.807, 2.05) is 22.8 Å². The lowest BCUT2D eigenvalue weighted by molar-refractivity contribution is 0.0997. The van der Waals surface area contributed by atoms with Crippen LogP contribution >= 0.6 is 33.9 Å². The van der Waals surface area contributed by atoms with E-state index in [-0.39, 0.29) is 5.91 Å². The van der Waals surface area contributed by atoms with E-state index in [0.29, 0.717) is 16.9 Å². The fourth-order valence-corrected chi connectivity index (χ4v) is 4.52. The Bertz CT molecular complexity index is 1050. The first-order chi connectivity index (χ1) is 11.5. The molecule has 1 aromatic heterocycles. The van der Waals surface area contributed by atoms with Crippen LogP contribution in [0.15, 0.2) is 41.4 Å². The first-order valence-electron chi connectivity index (χ1n) is 7.39. The van der Waals surface area contributed by atoms with Crippen LogP contribution in [0, 0.1) is 29.8 Å².